The van der Waals surface area contributed by atoms with Crippen LogP contribution in [0.2, 0.25) is 5.02 Å². The van der Waals surface area contributed by atoms with Crippen molar-refractivity contribution in [1.29, 1.82) is 0 Å². The maximum Gasteiger partial charge on any atom is 0.341 e. The first-order valence-corrected chi connectivity index (χ1v) is 6.48. The third-order valence-electron chi connectivity index (χ3n) is 2.56. The van der Waals surface area contributed by atoms with Gasteiger partial charge in [0, 0.05) is 17.8 Å². The van der Waals surface area contributed by atoms with Gasteiger partial charge in [0.1, 0.15) is 11.4 Å². The maximum atomic E-state index is 11.2. The number of carbonyl (C=O) groups is 1. The number of nitrogens with zero attached hydrogens (tertiary/aromatic N) is 2. The van der Waals surface area contributed by atoms with Crippen LogP contribution in [0.4, 0.5) is 5.82 Å². The highest BCUT2D eigenvalue weighted by atomic mass is 35.5. The van der Waals surface area contributed by atoms with E-state index in [9.17, 15) is 4.79 Å². The lowest BCUT2D eigenvalue weighted by atomic mass is 10.2. The molecule has 6 heteroatoms. The smallest absolute Gasteiger partial charge is 0.341 e. The van der Waals surface area contributed by atoms with Gasteiger partial charge in [-0.25, -0.2) is 14.8 Å². The molecule has 0 bridgehead atoms. The summed E-state index contributed by atoms with van der Waals surface area (Å²) in [5.74, 6) is -0.389. The lowest BCUT2D eigenvalue weighted by Crippen LogP contribution is -2.16. The second-order valence-corrected chi connectivity index (χ2v) is 4.95. The zero-order chi connectivity index (χ0) is 14.7. The minimum absolute atomic E-state index is 0.0366. The van der Waals surface area contributed by atoms with Gasteiger partial charge in [0.2, 0.25) is 0 Å². The van der Waals surface area contributed by atoms with Crippen LogP contribution in [0, 0.1) is 0 Å². The monoisotopic (exact) mass is 291 g/mol. The molecule has 2 rings (SSSR count). The Bertz CT molecular complexity index is 644. The van der Waals surface area contributed by atoms with E-state index in [-0.39, 0.29) is 17.4 Å². The number of anilines is 1. The molecule has 0 spiro atoms. The zero-order valence-electron chi connectivity index (χ0n) is 11.1. The molecule has 0 aliphatic carbocycles. The molecule has 0 atom stereocenters. The molecule has 0 aliphatic heterocycles. The molecule has 0 saturated carbocycles. The van der Waals surface area contributed by atoms with E-state index in [2.05, 4.69) is 15.3 Å². The van der Waals surface area contributed by atoms with Gasteiger partial charge >= 0.3 is 5.97 Å². The van der Waals surface area contributed by atoms with E-state index in [1.807, 2.05) is 26.0 Å². The minimum atomic E-state index is -1.07. The van der Waals surface area contributed by atoms with Crippen LogP contribution < -0.4 is 5.32 Å². The second-order valence-electron chi connectivity index (χ2n) is 4.54. The van der Waals surface area contributed by atoms with E-state index < -0.39 is 5.97 Å². The van der Waals surface area contributed by atoms with Gasteiger partial charge in [0.15, 0.2) is 5.82 Å². The van der Waals surface area contributed by atoms with E-state index in [0.717, 1.165) is 0 Å². The lowest BCUT2D eigenvalue weighted by Gasteiger charge is -2.13. The van der Waals surface area contributed by atoms with Crippen LogP contribution in [-0.4, -0.2) is 27.1 Å². The first-order chi connectivity index (χ1) is 9.49. The molecule has 0 fully saturated rings. The summed E-state index contributed by atoms with van der Waals surface area (Å²) in [5.41, 5.74) is 0.701. The number of halogens is 1. The van der Waals surface area contributed by atoms with E-state index in [1.54, 1.807) is 12.1 Å². The number of hydrogen-bond donors (Lipinski definition) is 2. The molecule has 0 amide bonds. The number of benzene rings is 1. The number of carboxylic acid groups (broad SMARTS) is 1. The third kappa shape index (κ3) is 3.05. The van der Waals surface area contributed by atoms with Crippen molar-refractivity contribution in [2.75, 3.05) is 5.32 Å². The Morgan fingerprint density at radius 3 is 2.65 bits per heavy atom. The number of carboxylic acids is 1. The third-order valence-corrected chi connectivity index (χ3v) is 2.89. The zero-order valence-corrected chi connectivity index (χ0v) is 11.8. The molecule has 0 aliphatic rings. The Balaban J connectivity index is 2.52. The summed E-state index contributed by atoms with van der Waals surface area (Å²) in [6.07, 6.45) is 1.29. The van der Waals surface area contributed by atoms with Crippen LogP contribution in [0.25, 0.3) is 11.4 Å². The van der Waals surface area contributed by atoms with E-state index >= 15 is 0 Å². The predicted molar refractivity (Wildman–Crippen MR) is 78.2 cm³/mol. The first-order valence-electron chi connectivity index (χ1n) is 6.11. The molecule has 104 valence electrons. The summed E-state index contributed by atoms with van der Waals surface area (Å²) in [6.45, 7) is 3.81. The average Bonchev–Trinajstić information content (AvgIpc) is 2.38. The molecule has 1 aromatic carbocycles. The number of aromatic nitrogens is 2. The molecule has 20 heavy (non-hydrogen) atoms. The summed E-state index contributed by atoms with van der Waals surface area (Å²) in [4.78, 5) is 19.5. The van der Waals surface area contributed by atoms with Crippen LogP contribution in [0.1, 0.15) is 24.2 Å². The Labute approximate surface area is 121 Å². The predicted octanol–water partition coefficient (Wildman–Crippen LogP) is 3.32. The Morgan fingerprint density at radius 2 is 2.05 bits per heavy atom. The first kappa shape index (κ1) is 14.3. The molecule has 1 aromatic heterocycles. The highest BCUT2D eigenvalue weighted by molar-refractivity contribution is 6.33. The topological polar surface area (TPSA) is 75.1 Å². The second kappa shape index (κ2) is 5.88. The van der Waals surface area contributed by atoms with Crippen molar-refractivity contribution in [2.24, 2.45) is 0 Å². The fourth-order valence-electron chi connectivity index (χ4n) is 1.69. The number of hydrogen-bond acceptors (Lipinski definition) is 4. The molecule has 2 aromatic rings. The SMILES string of the molecule is CC(C)Nc1nc(-c2ccccc2Cl)ncc1C(=O)O. The minimum Gasteiger partial charge on any atom is -0.477 e. The molecule has 2 N–H and O–H groups in total. The fourth-order valence-corrected chi connectivity index (χ4v) is 1.91. The molecular formula is C14H14ClN3O2. The maximum absolute atomic E-state index is 11.2. The molecule has 1 heterocycles. The van der Waals surface area contributed by atoms with E-state index in [0.29, 0.717) is 16.4 Å². The quantitative estimate of drug-likeness (QED) is 0.904. The molecular weight excluding hydrogens is 278 g/mol. The number of rotatable bonds is 4. The molecule has 5 nitrogen and oxygen atoms in total. The van der Waals surface area contributed by atoms with Crippen molar-refractivity contribution >= 4 is 23.4 Å². The number of aromatic carboxylic acids is 1. The van der Waals surface area contributed by atoms with Crippen LogP contribution in [0.5, 0.6) is 0 Å². The van der Waals surface area contributed by atoms with E-state index in [1.165, 1.54) is 6.20 Å². The van der Waals surface area contributed by atoms with Crippen molar-refractivity contribution in [1.82, 2.24) is 9.97 Å². The summed E-state index contributed by atoms with van der Waals surface area (Å²) in [6, 6.07) is 7.22. The van der Waals surface area contributed by atoms with Gasteiger partial charge < -0.3 is 10.4 Å². The summed E-state index contributed by atoms with van der Waals surface area (Å²) >= 11 is 6.10. The summed E-state index contributed by atoms with van der Waals surface area (Å²) < 4.78 is 0. The Hall–Kier alpha value is -2.14. The van der Waals surface area contributed by atoms with Gasteiger partial charge in [-0.3, -0.25) is 0 Å². The molecule has 0 radical (unpaired) electrons. The van der Waals surface area contributed by atoms with E-state index in [4.69, 9.17) is 16.7 Å². The van der Waals surface area contributed by atoms with Gasteiger partial charge in [-0.1, -0.05) is 23.7 Å². The molecule has 0 saturated heterocycles. The van der Waals surface area contributed by atoms with Crippen LogP contribution >= 0.6 is 11.6 Å². The van der Waals surface area contributed by atoms with Gasteiger partial charge in [-0.05, 0) is 26.0 Å². The average molecular weight is 292 g/mol. The van der Waals surface area contributed by atoms with Crippen molar-refractivity contribution in [3.05, 3.63) is 41.0 Å². The normalized spacial score (nSPS) is 10.6. The largest absolute Gasteiger partial charge is 0.477 e. The van der Waals surface area contributed by atoms with Crippen LogP contribution in [0.3, 0.4) is 0 Å². The Kier molecular flexibility index (Phi) is 4.20. The standard InChI is InChI=1S/C14H14ClN3O2/c1-8(2)17-13-10(14(19)20)7-16-12(18-13)9-5-3-4-6-11(9)15/h3-8H,1-2H3,(H,19,20)(H,16,17,18). The molecule has 0 unspecified atom stereocenters. The van der Waals surface area contributed by atoms with Crippen molar-refractivity contribution in [3.63, 3.8) is 0 Å². The lowest BCUT2D eigenvalue weighted by molar-refractivity contribution is 0.0697. The summed E-state index contributed by atoms with van der Waals surface area (Å²) in [5, 5.41) is 12.7. The van der Waals surface area contributed by atoms with Gasteiger partial charge in [-0.15, -0.1) is 0 Å². The number of nitrogens with one attached hydrogen (secondary N) is 1. The van der Waals surface area contributed by atoms with Gasteiger partial charge in [0.25, 0.3) is 0 Å². The van der Waals surface area contributed by atoms with Gasteiger partial charge in [-0.2, -0.15) is 0 Å². The van der Waals surface area contributed by atoms with Crippen LogP contribution in [-0.2, 0) is 0 Å². The summed E-state index contributed by atoms with van der Waals surface area (Å²) in [7, 11) is 0. The van der Waals surface area contributed by atoms with Gasteiger partial charge in [0.05, 0.1) is 5.02 Å². The van der Waals surface area contributed by atoms with Crippen molar-refractivity contribution in [2.45, 2.75) is 19.9 Å². The van der Waals surface area contributed by atoms with Crippen LogP contribution in [0.15, 0.2) is 30.5 Å². The van der Waals surface area contributed by atoms with Crippen molar-refractivity contribution in [3.8, 4) is 11.4 Å². The highest BCUT2D eigenvalue weighted by Gasteiger charge is 2.16. The van der Waals surface area contributed by atoms with Crippen molar-refractivity contribution < 1.29 is 9.90 Å². The fraction of sp³-hybridized carbons (Fsp3) is 0.214. The Morgan fingerprint density at radius 1 is 1.35 bits per heavy atom. The highest BCUT2D eigenvalue weighted by Crippen LogP contribution is 2.26.